The van der Waals surface area contributed by atoms with Crippen LogP contribution in [0.15, 0.2) is 22.7 Å². The van der Waals surface area contributed by atoms with Crippen molar-refractivity contribution < 1.29 is 9.50 Å². The third-order valence-electron chi connectivity index (χ3n) is 2.80. The molecule has 102 valence electrons. The molecular weight excluding hydrogens is 297 g/mol. The van der Waals surface area contributed by atoms with Gasteiger partial charge in [-0.25, -0.2) is 4.39 Å². The summed E-state index contributed by atoms with van der Waals surface area (Å²) in [5.41, 5.74) is -0.343. The topological polar surface area (TPSA) is 32.3 Å². The first-order valence-corrected chi connectivity index (χ1v) is 6.99. The van der Waals surface area contributed by atoms with Crippen molar-refractivity contribution in [3.63, 3.8) is 0 Å². The lowest BCUT2D eigenvalue weighted by Gasteiger charge is -2.24. The fourth-order valence-electron chi connectivity index (χ4n) is 1.79. The van der Waals surface area contributed by atoms with Crippen LogP contribution in [0, 0.1) is 5.82 Å². The van der Waals surface area contributed by atoms with Gasteiger partial charge in [-0.3, -0.25) is 0 Å². The molecule has 1 atom stereocenters. The summed E-state index contributed by atoms with van der Waals surface area (Å²) in [7, 11) is 0. The van der Waals surface area contributed by atoms with E-state index in [1.54, 1.807) is 19.1 Å². The maximum absolute atomic E-state index is 13.7. The van der Waals surface area contributed by atoms with Gasteiger partial charge in [-0.05, 0) is 37.6 Å². The van der Waals surface area contributed by atoms with Gasteiger partial charge in [0.15, 0.2) is 0 Å². The van der Waals surface area contributed by atoms with Crippen molar-refractivity contribution in [3.8, 4) is 0 Å². The Labute approximate surface area is 117 Å². The number of nitrogens with one attached hydrogen (secondary N) is 1. The summed E-state index contributed by atoms with van der Waals surface area (Å²) >= 11 is 3.22. The molecule has 1 rings (SSSR count). The molecule has 18 heavy (non-hydrogen) atoms. The first kappa shape index (κ1) is 15.6. The number of halogens is 2. The molecule has 0 aliphatic rings. The molecule has 0 aliphatic carbocycles. The van der Waals surface area contributed by atoms with E-state index in [0.29, 0.717) is 28.9 Å². The zero-order valence-corrected chi connectivity index (χ0v) is 12.7. The van der Waals surface area contributed by atoms with E-state index >= 15 is 0 Å². The molecule has 0 aliphatic heterocycles. The highest BCUT2D eigenvalue weighted by molar-refractivity contribution is 9.10. The highest BCUT2D eigenvalue weighted by Crippen LogP contribution is 2.21. The van der Waals surface area contributed by atoms with Crippen molar-refractivity contribution in [1.82, 2.24) is 5.32 Å². The van der Waals surface area contributed by atoms with Gasteiger partial charge in [0.05, 0.1) is 5.60 Å². The fourth-order valence-corrected chi connectivity index (χ4v) is 2.13. The molecule has 0 fully saturated rings. The molecule has 1 aromatic rings. The van der Waals surface area contributed by atoms with Crippen LogP contribution in [0.25, 0.3) is 0 Å². The van der Waals surface area contributed by atoms with Crippen LogP contribution in [-0.2, 0) is 6.42 Å². The van der Waals surface area contributed by atoms with E-state index in [1.165, 1.54) is 6.07 Å². The minimum absolute atomic E-state index is 0.276. The van der Waals surface area contributed by atoms with Gasteiger partial charge in [0.2, 0.25) is 0 Å². The maximum Gasteiger partial charge on any atom is 0.127 e. The standard InChI is InChI=1S/C14H21BrFNO/c1-10(2)17-7-6-14(3,18)9-11-4-5-12(15)8-13(11)16/h4-5,8,10,17-18H,6-7,9H2,1-3H3. The van der Waals surface area contributed by atoms with Crippen LogP contribution in [0.3, 0.4) is 0 Å². The molecular formula is C14H21BrFNO. The summed E-state index contributed by atoms with van der Waals surface area (Å²) in [6.07, 6.45) is 0.923. The summed E-state index contributed by atoms with van der Waals surface area (Å²) in [5.74, 6) is -0.276. The monoisotopic (exact) mass is 317 g/mol. The number of aliphatic hydroxyl groups is 1. The second-order valence-corrected chi connectivity index (χ2v) is 6.18. The third kappa shape index (κ3) is 5.46. The van der Waals surface area contributed by atoms with E-state index in [1.807, 2.05) is 0 Å². The Morgan fingerprint density at radius 3 is 2.67 bits per heavy atom. The smallest absolute Gasteiger partial charge is 0.127 e. The summed E-state index contributed by atoms with van der Waals surface area (Å²) in [6, 6.07) is 5.33. The van der Waals surface area contributed by atoms with Crippen molar-refractivity contribution in [2.75, 3.05) is 6.54 Å². The molecule has 1 aromatic carbocycles. The van der Waals surface area contributed by atoms with Crippen LogP contribution in [-0.4, -0.2) is 23.3 Å². The van der Waals surface area contributed by atoms with E-state index in [4.69, 9.17) is 0 Å². The molecule has 2 nitrogen and oxygen atoms in total. The molecule has 0 radical (unpaired) electrons. The number of hydrogen-bond acceptors (Lipinski definition) is 2. The molecule has 0 saturated carbocycles. The van der Waals surface area contributed by atoms with Gasteiger partial charge in [-0.2, -0.15) is 0 Å². The van der Waals surface area contributed by atoms with Crippen molar-refractivity contribution >= 4 is 15.9 Å². The summed E-state index contributed by atoms with van der Waals surface area (Å²) in [5, 5.41) is 13.5. The largest absolute Gasteiger partial charge is 0.390 e. The number of benzene rings is 1. The average molecular weight is 318 g/mol. The second kappa shape index (κ2) is 6.64. The minimum Gasteiger partial charge on any atom is -0.390 e. The fraction of sp³-hybridized carbons (Fsp3) is 0.571. The zero-order chi connectivity index (χ0) is 13.8. The van der Waals surface area contributed by atoms with E-state index in [2.05, 4.69) is 35.1 Å². The lowest BCUT2D eigenvalue weighted by atomic mass is 9.93. The quantitative estimate of drug-likeness (QED) is 0.844. The Kier molecular flexibility index (Phi) is 5.76. The van der Waals surface area contributed by atoms with Crippen LogP contribution >= 0.6 is 15.9 Å². The molecule has 0 heterocycles. The highest BCUT2D eigenvalue weighted by Gasteiger charge is 2.22. The van der Waals surface area contributed by atoms with Crippen LogP contribution in [0.1, 0.15) is 32.8 Å². The van der Waals surface area contributed by atoms with Crippen LogP contribution in [0.4, 0.5) is 4.39 Å². The van der Waals surface area contributed by atoms with Gasteiger partial charge in [0.25, 0.3) is 0 Å². The van der Waals surface area contributed by atoms with Gasteiger partial charge in [-0.1, -0.05) is 35.8 Å². The van der Waals surface area contributed by atoms with Crippen LogP contribution in [0.2, 0.25) is 0 Å². The average Bonchev–Trinajstić information content (AvgIpc) is 2.21. The Hall–Kier alpha value is -0.450. The van der Waals surface area contributed by atoms with Gasteiger partial charge in [-0.15, -0.1) is 0 Å². The predicted molar refractivity (Wildman–Crippen MR) is 76.2 cm³/mol. The Morgan fingerprint density at radius 2 is 2.11 bits per heavy atom. The summed E-state index contributed by atoms with van der Waals surface area (Å²) in [4.78, 5) is 0. The van der Waals surface area contributed by atoms with Crippen molar-refractivity contribution in [2.24, 2.45) is 0 Å². The van der Waals surface area contributed by atoms with Gasteiger partial charge >= 0.3 is 0 Å². The Morgan fingerprint density at radius 1 is 1.44 bits per heavy atom. The molecule has 0 saturated heterocycles. The molecule has 0 amide bonds. The Balaban J connectivity index is 2.58. The minimum atomic E-state index is -0.892. The van der Waals surface area contributed by atoms with Crippen molar-refractivity contribution in [1.29, 1.82) is 0 Å². The molecule has 0 aromatic heterocycles. The van der Waals surface area contributed by atoms with E-state index in [-0.39, 0.29) is 5.82 Å². The van der Waals surface area contributed by atoms with E-state index in [9.17, 15) is 9.50 Å². The lowest BCUT2D eigenvalue weighted by Crippen LogP contribution is -2.34. The molecule has 0 spiro atoms. The number of hydrogen-bond donors (Lipinski definition) is 2. The second-order valence-electron chi connectivity index (χ2n) is 5.27. The molecule has 2 N–H and O–H groups in total. The first-order valence-electron chi connectivity index (χ1n) is 6.20. The third-order valence-corrected chi connectivity index (χ3v) is 3.30. The van der Waals surface area contributed by atoms with Gasteiger partial charge in [0.1, 0.15) is 5.82 Å². The lowest BCUT2D eigenvalue weighted by molar-refractivity contribution is 0.0502. The molecule has 4 heteroatoms. The van der Waals surface area contributed by atoms with Crippen LogP contribution in [0.5, 0.6) is 0 Å². The van der Waals surface area contributed by atoms with Gasteiger partial charge < -0.3 is 10.4 Å². The maximum atomic E-state index is 13.7. The highest BCUT2D eigenvalue weighted by atomic mass is 79.9. The van der Waals surface area contributed by atoms with E-state index in [0.717, 1.165) is 6.54 Å². The molecule has 0 bridgehead atoms. The molecule has 1 unspecified atom stereocenters. The number of rotatable bonds is 6. The summed E-state index contributed by atoms with van der Waals surface area (Å²) < 4.78 is 14.4. The predicted octanol–water partition coefficient (Wildman–Crippen LogP) is 3.27. The normalized spacial score (nSPS) is 14.8. The van der Waals surface area contributed by atoms with Gasteiger partial charge in [0, 0.05) is 16.9 Å². The Bertz CT molecular complexity index is 393. The summed E-state index contributed by atoms with van der Waals surface area (Å²) in [6.45, 7) is 6.59. The van der Waals surface area contributed by atoms with Crippen molar-refractivity contribution in [2.45, 2.75) is 45.3 Å². The van der Waals surface area contributed by atoms with Crippen LogP contribution < -0.4 is 5.32 Å². The first-order chi connectivity index (χ1) is 8.30. The zero-order valence-electron chi connectivity index (χ0n) is 11.1. The van der Waals surface area contributed by atoms with E-state index < -0.39 is 5.60 Å². The van der Waals surface area contributed by atoms with Crippen molar-refractivity contribution in [3.05, 3.63) is 34.1 Å². The SMILES string of the molecule is CC(C)NCCC(C)(O)Cc1ccc(Br)cc1F.